The van der Waals surface area contributed by atoms with Crippen LogP contribution in [0.1, 0.15) is 45.9 Å². The summed E-state index contributed by atoms with van der Waals surface area (Å²) in [7, 11) is 1.83. The van der Waals surface area contributed by atoms with Gasteiger partial charge in [-0.2, -0.15) is 10.4 Å². The number of imidazole rings is 1. The first kappa shape index (κ1) is 28.1. The predicted octanol–water partition coefficient (Wildman–Crippen LogP) is 3.43. The molecule has 0 saturated carbocycles. The van der Waals surface area contributed by atoms with Gasteiger partial charge in [0, 0.05) is 36.6 Å². The Morgan fingerprint density at radius 3 is 2.70 bits per heavy atom. The highest BCUT2D eigenvalue weighted by Gasteiger charge is 2.22. The molecular formula is C29H32N8O3. The number of ether oxygens (including phenoxy) is 1. The molecule has 206 valence electrons. The van der Waals surface area contributed by atoms with Crippen LogP contribution < -0.4 is 15.8 Å². The summed E-state index contributed by atoms with van der Waals surface area (Å²) in [5, 5.41) is 18.6. The fraction of sp³-hybridized carbons (Fsp3) is 0.379. The predicted molar refractivity (Wildman–Crippen MR) is 153 cm³/mol. The third-order valence-corrected chi connectivity index (χ3v) is 6.09. The van der Waals surface area contributed by atoms with Crippen LogP contribution in [0.5, 0.6) is 0 Å². The van der Waals surface area contributed by atoms with Crippen LogP contribution in [-0.4, -0.2) is 55.6 Å². The van der Waals surface area contributed by atoms with Crippen molar-refractivity contribution in [2.24, 2.45) is 0 Å². The number of hydrogen-bond acceptors (Lipinski definition) is 8. The summed E-state index contributed by atoms with van der Waals surface area (Å²) in [6.45, 7) is 9.65. The number of hydrogen-bond donors (Lipinski definition) is 1. The van der Waals surface area contributed by atoms with Gasteiger partial charge in [0.25, 0.3) is 5.56 Å². The highest BCUT2D eigenvalue weighted by Crippen LogP contribution is 2.22. The van der Waals surface area contributed by atoms with Crippen molar-refractivity contribution in [3.63, 3.8) is 0 Å². The average molecular weight is 541 g/mol. The molecule has 0 fully saturated rings. The molecule has 40 heavy (non-hydrogen) atoms. The molecule has 4 aromatic rings. The van der Waals surface area contributed by atoms with Gasteiger partial charge in [0.2, 0.25) is 5.95 Å². The lowest BCUT2D eigenvalue weighted by atomic mass is 10.1. The lowest BCUT2D eigenvalue weighted by Crippen LogP contribution is -2.43. The lowest BCUT2D eigenvalue weighted by molar-refractivity contribution is 0.0510. The fourth-order valence-electron chi connectivity index (χ4n) is 4.42. The molecule has 0 aliphatic rings. The van der Waals surface area contributed by atoms with E-state index in [0.717, 1.165) is 10.8 Å². The van der Waals surface area contributed by atoms with Crippen molar-refractivity contribution in [3.05, 3.63) is 58.3 Å². The zero-order chi connectivity index (χ0) is 29.0. The smallest absolute Gasteiger partial charge is 0.407 e. The third-order valence-electron chi connectivity index (χ3n) is 6.09. The first-order valence-electron chi connectivity index (χ1n) is 12.9. The van der Waals surface area contributed by atoms with E-state index in [4.69, 9.17) is 4.74 Å². The SMILES string of the molecule is CC#CCn1c(N(C)C[C@H](C)NC(=O)OC(C)(C)C)nc2cnn(Cc3ncc4ccccc4c3C#N)c(=O)c21. The molecule has 0 spiro atoms. The molecule has 0 bridgehead atoms. The molecule has 0 radical (unpaired) electrons. The topological polar surface area (TPSA) is 131 Å². The Bertz CT molecular complexity index is 1730. The number of aromatic nitrogens is 5. The van der Waals surface area contributed by atoms with Crippen molar-refractivity contribution in [1.29, 1.82) is 5.26 Å². The monoisotopic (exact) mass is 540 g/mol. The maximum absolute atomic E-state index is 13.7. The van der Waals surface area contributed by atoms with Gasteiger partial charge in [-0.05, 0) is 34.6 Å². The number of rotatable bonds is 7. The average Bonchev–Trinajstić information content (AvgIpc) is 3.27. The van der Waals surface area contributed by atoms with Crippen LogP contribution in [0.4, 0.5) is 10.7 Å². The molecule has 4 rings (SSSR count). The van der Waals surface area contributed by atoms with Gasteiger partial charge in [-0.3, -0.25) is 14.3 Å². The summed E-state index contributed by atoms with van der Waals surface area (Å²) in [6, 6.07) is 9.45. The number of carbonyl (C=O) groups is 1. The van der Waals surface area contributed by atoms with Crippen LogP contribution in [-0.2, 0) is 17.8 Å². The zero-order valence-electron chi connectivity index (χ0n) is 23.5. The van der Waals surface area contributed by atoms with Gasteiger partial charge in [0.05, 0.1) is 30.5 Å². The second-order valence-corrected chi connectivity index (χ2v) is 10.5. The standard InChI is InChI=1S/C29H32N8O3/c1-7-8-13-36-25-23(34-27(36)35(6)17-19(2)33-28(39)40-29(3,4)5)16-32-37(26(25)38)18-24-22(14-30)21-12-10-9-11-20(21)15-31-24/h9-12,15-16,19H,13,17-18H2,1-6H3,(H,33,39)/t19-/m0/s1. The number of amides is 1. The Morgan fingerprint density at radius 2 is 2.00 bits per heavy atom. The van der Waals surface area contributed by atoms with Gasteiger partial charge in [0.15, 0.2) is 0 Å². The highest BCUT2D eigenvalue weighted by atomic mass is 16.6. The molecule has 0 aliphatic heterocycles. The van der Waals surface area contributed by atoms with E-state index in [1.165, 1.54) is 10.9 Å². The molecule has 11 heteroatoms. The number of anilines is 1. The molecule has 3 heterocycles. The number of carbonyl (C=O) groups excluding carboxylic acids is 1. The number of benzene rings is 1. The zero-order valence-corrected chi connectivity index (χ0v) is 23.5. The second-order valence-electron chi connectivity index (χ2n) is 10.5. The molecule has 1 amide bonds. The van der Waals surface area contributed by atoms with Crippen LogP contribution in [0.3, 0.4) is 0 Å². The van der Waals surface area contributed by atoms with Crippen molar-refractivity contribution < 1.29 is 9.53 Å². The Kier molecular flexibility index (Phi) is 8.05. The largest absolute Gasteiger partial charge is 0.444 e. The molecule has 0 unspecified atom stereocenters. The number of nitriles is 1. The van der Waals surface area contributed by atoms with Gasteiger partial charge in [0.1, 0.15) is 22.7 Å². The number of nitrogens with zero attached hydrogens (tertiary/aromatic N) is 7. The van der Waals surface area contributed by atoms with Crippen LogP contribution in [0, 0.1) is 23.2 Å². The first-order valence-corrected chi connectivity index (χ1v) is 12.9. The first-order chi connectivity index (χ1) is 19.0. The molecule has 1 aromatic carbocycles. The number of pyridine rings is 1. The number of likely N-dealkylation sites (N-methyl/N-ethyl adjacent to an activating group) is 1. The normalized spacial score (nSPS) is 11.9. The van der Waals surface area contributed by atoms with Crippen molar-refractivity contribution >= 4 is 33.8 Å². The van der Waals surface area contributed by atoms with Crippen molar-refractivity contribution in [1.82, 2.24) is 29.6 Å². The number of nitrogens with one attached hydrogen (secondary N) is 1. The summed E-state index contributed by atoms with van der Waals surface area (Å²) < 4.78 is 8.38. The van der Waals surface area contributed by atoms with E-state index >= 15 is 0 Å². The summed E-state index contributed by atoms with van der Waals surface area (Å²) in [5.41, 5.74) is 0.637. The van der Waals surface area contributed by atoms with Crippen LogP contribution in [0.25, 0.3) is 21.8 Å². The van der Waals surface area contributed by atoms with Gasteiger partial charge < -0.3 is 15.0 Å². The molecular weight excluding hydrogens is 508 g/mol. The van der Waals surface area contributed by atoms with Gasteiger partial charge in [-0.25, -0.2) is 14.5 Å². The molecule has 1 N–H and O–H groups in total. The van der Waals surface area contributed by atoms with Crippen LogP contribution in [0.15, 0.2) is 41.5 Å². The molecule has 0 saturated heterocycles. The fourth-order valence-corrected chi connectivity index (χ4v) is 4.42. The van der Waals surface area contributed by atoms with E-state index in [-0.39, 0.29) is 24.7 Å². The van der Waals surface area contributed by atoms with Gasteiger partial charge in [-0.1, -0.05) is 30.2 Å². The minimum atomic E-state index is -0.605. The van der Waals surface area contributed by atoms with Crippen LogP contribution in [0.2, 0.25) is 0 Å². The summed E-state index contributed by atoms with van der Waals surface area (Å²) in [6.07, 6.45) is 2.71. The van der Waals surface area contributed by atoms with E-state index in [1.807, 2.05) is 43.1 Å². The Hall–Kier alpha value is -4.90. The summed E-state index contributed by atoms with van der Waals surface area (Å²) in [4.78, 5) is 36.9. The maximum Gasteiger partial charge on any atom is 0.407 e. The van der Waals surface area contributed by atoms with E-state index in [1.54, 1.807) is 38.5 Å². The molecule has 11 nitrogen and oxygen atoms in total. The number of alkyl carbamates (subject to hydrolysis) is 1. The Labute approximate surface area is 232 Å². The Balaban J connectivity index is 1.68. The van der Waals surface area contributed by atoms with Crippen molar-refractivity contribution in [2.75, 3.05) is 18.5 Å². The Morgan fingerprint density at radius 1 is 1.25 bits per heavy atom. The summed E-state index contributed by atoms with van der Waals surface area (Å²) in [5.74, 6) is 6.40. The second kappa shape index (κ2) is 11.5. The number of fused-ring (bicyclic) bond motifs is 2. The maximum atomic E-state index is 13.7. The van der Waals surface area contributed by atoms with Gasteiger partial charge >= 0.3 is 6.09 Å². The van der Waals surface area contributed by atoms with E-state index < -0.39 is 11.7 Å². The van der Waals surface area contributed by atoms with Crippen molar-refractivity contribution in [2.45, 2.75) is 59.4 Å². The van der Waals surface area contributed by atoms with E-state index in [2.05, 4.69) is 38.3 Å². The summed E-state index contributed by atoms with van der Waals surface area (Å²) >= 11 is 0. The minimum Gasteiger partial charge on any atom is -0.444 e. The van der Waals surface area contributed by atoms with Crippen molar-refractivity contribution in [3.8, 4) is 17.9 Å². The lowest BCUT2D eigenvalue weighted by Gasteiger charge is -2.25. The van der Waals surface area contributed by atoms with E-state index in [9.17, 15) is 14.9 Å². The third kappa shape index (κ3) is 6.05. The quantitative estimate of drug-likeness (QED) is 0.353. The molecule has 3 aromatic heterocycles. The van der Waals surface area contributed by atoms with Gasteiger partial charge in [-0.15, -0.1) is 5.92 Å². The highest BCUT2D eigenvalue weighted by molar-refractivity contribution is 5.87. The minimum absolute atomic E-state index is 0.0230. The molecule has 1 atom stereocenters. The van der Waals surface area contributed by atoms with Crippen LogP contribution >= 0.6 is 0 Å². The molecule has 0 aliphatic carbocycles. The van der Waals surface area contributed by atoms with E-state index in [0.29, 0.717) is 34.8 Å².